The van der Waals surface area contributed by atoms with E-state index >= 15 is 0 Å². The lowest BCUT2D eigenvalue weighted by molar-refractivity contribution is 0.246. The van der Waals surface area contributed by atoms with E-state index in [1.807, 2.05) is 25.3 Å². The van der Waals surface area contributed by atoms with Gasteiger partial charge in [0.2, 0.25) is 5.95 Å². The van der Waals surface area contributed by atoms with Crippen LogP contribution in [0.2, 0.25) is 0 Å². The van der Waals surface area contributed by atoms with Gasteiger partial charge in [0.05, 0.1) is 0 Å². The van der Waals surface area contributed by atoms with E-state index in [1.54, 1.807) is 16.7 Å². The Kier molecular flexibility index (Phi) is 4.57. The molecular weight excluding hydrogens is 292 g/mol. The maximum atomic E-state index is 11.7. The highest BCUT2D eigenvalue weighted by Crippen LogP contribution is 2.15. The number of aromatic nitrogens is 3. The smallest absolute Gasteiger partial charge is 0.250 e. The Morgan fingerprint density at radius 2 is 1.91 bits per heavy atom. The monoisotopic (exact) mass is 314 g/mol. The van der Waals surface area contributed by atoms with E-state index < -0.39 is 0 Å². The van der Waals surface area contributed by atoms with Crippen LogP contribution in [0.1, 0.15) is 5.69 Å². The summed E-state index contributed by atoms with van der Waals surface area (Å²) in [5.41, 5.74) is 6.67. The van der Waals surface area contributed by atoms with Crippen molar-refractivity contribution in [1.29, 1.82) is 0 Å². The first-order valence-electron chi connectivity index (χ1n) is 7.86. The summed E-state index contributed by atoms with van der Waals surface area (Å²) in [6.07, 6.45) is 1.84. The zero-order valence-electron chi connectivity index (χ0n) is 13.4. The first-order valence-corrected chi connectivity index (χ1v) is 7.86. The lowest BCUT2D eigenvalue weighted by Crippen LogP contribution is -2.47. The summed E-state index contributed by atoms with van der Waals surface area (Å²) in [6.45, 7) is 7.23. The minimum atomic E-state index is 0.0538. The van der Waals surface area contributed by atoms with Gasteiger partial charge in [-0.05, 0) is 13.0 Å². The zero-order chi connectivity index (χ0) is 16.2. The standard InChI is InChI=1S/C16H22N6O/c1-13-12-14(19-16(17)18-13)21-9-6-20(7-10-21)8-11-22-5-3-2-4-15(22)23/h2-5,12H,6-11H2,1H3,(H2,17,18,19). The second-order valence-electron chi connectivity index (χ2n) is 5.79. The fourth-order valence-electron chi connectivity index (χ4n) is 2.83. The lowest BCUT2D eigenvalue weighted by Gasteiger charge is -2.35. The third-order valence-corrected chi connectivity index (χ3v) is 4.11. The maximum absolute atomic E-state index is 11.7. The Bertz CT molecular complexity index is 700. The minimum Gasteiger partial charge on any atom is -0.368 e. The number of aryl methyl sites for hydroxylation is 1. The van der Waals surface area contributed by atoms with Crippen LogP contribution in [0, 0.1) is 6.92 Å². The summed E-state index contributed by atoms with van der Waals surface area (Å²) in [5.74, 6) is 1.22. The molecule has 0 bridgehead atoms. The Morgan fingerprint density at radius 3 is 2.61 bits per heavy atom. The second kappa shape index (κ2) is 6.78. The minimum absolute atomic E-state index is 0.0538. The maximum Gasteiger partial charge on any atom is 0.250 e. The molecule has 0 aliphatic carbocycles. The number of nitrogen functional groups attached to an aromatic ring is 1. The molecule has 3 rings (SSSR count). The molecule has 23 heavy (non-hydrogen) atoms. The van der Waals surface area contributed by atoms with E-state index in [4.69, 9.17) is 5.73 Å². The molecule has 1 fully saturated rings. The Labute approximate surface area is 135 Å². The van der Waals surface area contributed by atoms with Crippen molar-refractivity contribution in [2.24, 2.45) is 0 Å². The average Bonchev–Trinajstić information content (AvgIpc) is 2.54. The van der Waals surface area contributed by atoms with Gasteiger partial charge in [-0.1, -0.05) is 6.07 Å². The Morgan fingerprint density at radius 1 is 1.13 bits per heavy atom. The molecular formula is C16H22N6O. The largest absolute Gasteiger partial charge is 0.368 e. The van der Waals surface area contributed by atoms with Crippen LogP contribution >= 0.6 is 0 Å². The van der Waals surface area contributed by atoms with E-state index in [9.17, 15) is 4.79 Å². The van der Waals surface area contributed by atoms with Crippen LogP contribution in [0.25, 0.3) is 0 Å². The molecule has 0 unspecified atom stereocenters. The molecule has 0 aromatic carbocycles. The van der Waals surface area contributed by atoms with E-state index in [-0.39, 0.29) is 5.56 Å². The van der Waals surface area contributed by atoms with Crippen LogP contribution in [0.15, 0.2) is 35.3 Å². The molecule has 2 N–H and O–H groups in total. The number of hydrogen-bond donors (Lipinski definition) is 1. The van der Waals surface area contributed by atoms with Crippen molar-refractivity contribution < 1.29 is 0 Å². The fourth-order valence-corrected chi connectivity index (χ4v) is 2.83. The molecule has 7 heteroatoms. The third kappa shape index (κ3) is 3.87. The zero-order valence-corrected chi connectivity index (χ0v) is 13.4. The van der Waals surface area contributed by atoms with E-state index in [0.717, 1.165) is 50.8 Å². The van der Waals surface area contributed by atoms with Gasteiger partial charge in [0, 0.05) is 63.3 Å². The van der Waals surface area contributed by atoms with Gasteiger partial charge in [-0.3, -0.25) is 9.69 Å². The Balaban J connectivity index is 1.54. The number of rotatable bonds is 4. The summed E-state index contributed by atoms with van der Waals surface area (Å²) in [4.78, 5) is 24.7. The van der Waals surface area contributed by atoms with E-state index in [2.05, 4.69) is 19.8 Å². The molecule has 2 aromatic heterocycles. The average molecular weight is 314 g/mol. The first kappa shape index (κ1) is 15.5. The summed E-state index contributed by atoms with van der Waals surface area (Å²) >= 11 is 0. The van der Waals surface area contributed by atoms with Gasteiger partial charge in [-0.25, -0.2) is 4.98 Å². The molecule has 122 valence electrons. The van der Waals surface area contributed by atoms with Crippen molar-refractivity contribution in [3.8, 4) is 0 Å². The normalized spacial score (nSPS) is 15.8. The molecule has 0 atom stereocenters. The van der Waals surface area contributed by atoms with Gasteiger partial charge >= 0.3 is 0 Å². The van der Waals surface area contributed by atoms with Gasteiger partial charge in [0.1, 0.15) is 5.82 Å². The SMILES string of the molecule is Cc1cc(N2CCN(CCn3ccccc3=O)CC2)nc(N)n1. The molecule has 3 heterocycles. The quantitative estimate of drug-likeness (QED) is 0.877. The van der Waals surface area contributed by atoms with Gasteiger partial charge in [-0.2, -0.15) is 4.98 Å². The Hall–Kier alpha value is -2.41. The predicted octanol–water partition coefficient (Wildman–Crippen LogP) is 0.351. The van der Waals surface area contributed by atoms with Gasteiger partial charge in [-0.15, -0.1) is 0 Å². The van der Waals surface area contributed by atoms with Crippen LogP contribution in [-0.4, -0.2) is 52.2 Å². The summed E-state index contributed by atoms with van der Waals surface area (Å²) in [5, 5.41) is 0. The number of pyridine rings is 1. The van der Waals surface area contributed by atoms with Crippen molar-refractivity contribution in [2.75, 3.05) is 43.4 Å². The second-order valence-corrected chi connectivity index (χ2v) is 5.79. The van der Waals surface area contributed by atoms with Crippen LogP contribution < -0.4 is 16.2 Å². The van der Waals surface area contributed by atoms with Crippen molar-refractivity contribution in [3.63, 3.8) is 0 Å². The third-order valence-electron chi connectivity index (χ3n) is 4.11. The molecule has 1 aliphatic rings. The molecule has 1 saturated heterocycles. The van der Waals surface area contributed by atoms with Crippen LogP contribution in [-0.2, 0) is 6.54 Å². The summed E-state index contributed by atoms with van der Waals surface area (Å²) in [7, 11) is 0. The van der Waals surface area contributed by atoms with Gasteiger partial charge in [0.15, 0.2) is 0 Å². The highest BCUT2D eigenvalue weighted by molar-refractivity contribution is 5.43. The summed E-state index contributed by atoms with van der Waals surface area (Å²) < 4.78 is 1.75. The van der Waals surface area contributed by atoms with Crippen molar-refractivity contribution >= 4 is 11.8 Å². The molecule has 7 nitrogen and oxygen atoms in total. The number of nitrogens with zero attached hydrogens (tertiary/aromatic N) is 5. The lowest BCUT2D eigenvalue weighted by atomic mass is 10.3. The number of piperazine rings is 1. The van der Waals surface area contributed by atoms with Crippen LogP contribution in [0.5, 0.6) is 0 Å². The van der Waals surface area contributed by atoms with Gasteiger partial charge < -0.3 is 15.2 Å². The van der Waals surface area contributed by atoms with Crippen LogP contribution in [0.4, 0.5) is 11.8 Å². The molecule has 1 aliphatic heterocycles. The number of anilines is 2. The van der Waals surface area contributed by atoms with E-state index in [1.165, 1.54) is 0 Å². The van der Waals surface area contributed by atoms with Crippen molar-refractivity contribution in [3.05, 3.63) is 46.5 Å². The summed E-state index contributed by atoms with van der Waals surface area (Å²) in [6, 6.07) is 7.23. The van der Waals surface area contributed by atoms with E-state index in [0.29, 0.717) is 5.95 Å². The molecule has 2 aromatic rings. The van der Waals surface area contributed by atoms with Crippen molar-refractivity contribution in [2.45, 2.75) is 13.5 Å². The molecule has 0 amide bonds. The highest BCUT2D eigenvalue weighted by atomic mass is 16.1. The molecule has 0 radical (unpaired) electrons. The first-order chi connectivity index (χ1) is 11.1. The number of hydrogen-bond acceptors (Lipinski definition) is 6. The predicted molar refractivity (Wildman–Crippen MR) is 90.5 cm³/mol. The topological polar surface area (TPSA) is 80.3 Å². The number of nitrogens with two attached hydrogens (primary N) is 1. The molecule has 0 saturated carbocycles. The fraction of sp³-hybridized carbons (Fsp3) is 0.438. The van der Waals surface area contributed by atoms with Crippen LogP contribution in [0.3, 0.4) is 0 Å². The molecule has 0 spiro atoms. The highest BCUT2D eigenvalue weighted by Gasteiger charge is 2.18. The van der Waals surface area contributed by atoms with Gasteiger partial charge in [0.25, 0.3) is 5.56 Å². The van der Waals surface area contributed by atoms with Crippen molar-refractivity contribution in [1.82, 2.24) is 19.4 Å².